The van der Waals surface area contributed by atoms with Crippen LogP contribution in [0.15, 0.2) is 29.9 Å². The number of hydrogen-bond donors (Lipinski definition) is 2. The summed E-state index contributed by atoms with van der Waals surface area (Å²) in [6.07, 6.45) is -2.19. The second-order valence-electron chi connectivity index (χ2n) is 9.25. The molecule has 2 fully saturated rings. The van der Waals surface area contributed by atoms with Crippen LogP contribution < -0.4 is 5.32 Å². The lowest BCUT2D eigenvalue weighted by Crippen LogP contribution is -2.45. The third-order valence-corrected chi connectivity index (χ3v) is 9.70. The van der Waals surface area contributed by atoms with Crippen molar-refractivity contribution in [3.8, 4) is 5.75 Å². The lowest BCUT2D eigenvalue weighted by molar-refractivity contribution is -0.194. The molecule has 10 heteroatoms. The van der Waals surface area contributed by atoms with Crippen molar-refractivity contribution in [1.29, 1.82) is 0 Å². The molecule has 2 aliphatic rings. The quantitative estimate of drug-likeness (QED) is 0.490. The van der Waals surface area contributed by atoms with Crippen LogP contribution in [0.1, 0.15) is 41.2 Å². The summed E-state index contributed by atoms with van der Waals surface area (Å²) in [6.45, 7) is 2.31. The highest BCUT2D eigenvalue weighted by Gasteiger charge is 2.67. The average Bonchev–Trinajstić information content (AvgIpc) is 3.61. The molecule has 1 saturated carbocycles. The zero-order chi connectivity index (χ0) is 24.0. The van der Waals surface area contributed by atoms with Crippen LogP contribution >= 0.6 is 23.1 Å². The summed E-state index contributed by atoms with van der Waals surface area (Å²) in [4.78, 5) is 19.1. The number of hydrogen-bond acceptors (Lipinski definition) is 6. The van der Waals surface area contributed by atoms with Crippen molar-refractivity contribution >= 4 is 29.0 Å². The molecule has 2 aromatic rings. The predicted octanol–water partition coefficient (Wildman–Crippen LogP) is 4.71. The van der Waals surface area contributed by atoms with E-state index in [9.17, 15) is 23.1 Å². The number of nitrogens with one attached hydrogen (secondary N) is 1. The van der Waals surface area contributed by atoms with Gasteiger partial charge in [0.25, 0.3) is 0 Å². The fourth-order valence-corrected chi connectivity index (χ4v) is 6.91. The first kappa shape index (κ1) is 24.3. The SMILES string of the molecule is Cc1cc(O)ccc1CC1S[C@@]1(CNC(=O)C[C@H](c1cncs1)C1(C(F)(F)F)CC1)N(C)C. The smallest absolute Gasteiger partial charge is 0.395 e. The first-order valence-corrected chi connectivity index (χ1v) is 12.6. The molecule has 0 bridgehead atoms. The third-order valence-electron chi connectivity index (χ3n) is 7.02. The van der Waals surface area contributed by atoms with Gasteiger partial charge in [-0.3, -0.25) is 14.7 Å². The Kier molecular flexibility index (Phi) is 6.48. The van der Waals surface area contributed by atoms with Crippen LogP contribution in [0.5, 0.6) is 5.75 Å². The Labute approximate surface area is 199 Å². The molecule has 0 radical (unpaired) electrons. The number of carbonyl (C=O) groups excluding carboxylic acids is 1. The molecule has 0 spiro atoms. The number of carbonyl (C=O) groups is 1. The molecule has 1 saturated heterocycles. The summed E-state index contributed by atoms with van der Waals surface area (Å²) >= 11 is 2.92. The summed E-state index contributed by atoms with van der Waals surface area (Å²) in [5.41, 5.74) is 1.84. The Hall–Kier alpha value is -1.78. The van der Waals surface area contributed by atoms with Crippen LogP contribution in [0.3, 0.4) is 0 Å². The van der Waals surface area contributed by atoms with E-state index in [-0.39, 0.29) is 41.0 Å². The van der Waals surface area contributed by atoms with E-state index in [2.05, 4.69) is 15.2 Å². The van der Waals surface area contributed by atoms with Gasteiger partial charge >= 0.3 is 6.18 Å². The second kappa shape index (κ2) is 8.78. The highest BCUT2D eigenvalue weighted by molar-refractivity contribution is 8.08. The number of nitrogens with zero attached hydrogens (tertiary/aromatic N) is 2. The lowest BCUT2D eigenvalue weighted by Gasteiger charge is -2.29. The Balaban J connectivity index is 1.41. The number of alkyl halides is 3. The van der Waals surface area contributed by atoms with E-state index in [0.29, 0.717) is 11.4 Å². The van der Waals surface area contributed by atoms with Crippen LogP contribution in [-0.4, -0.2) is 57.8 Å². The highest BCUT2D eigenvalue weighted by atomic mass is 32.2. The molecular formula is C23H28F3N3O2S2. The van der Waals surface area contributed by atoms with Gasteiger partial charge in [0.15, 0.2) is 0 Å². The Morgan fingerprint density at radius 2 is 2.09 bits per heavy atom. The average molecular weight is 500 g/mol. The van der Waals surface area contributed by atoms with Crippen molar-refractivity contribution in [2.24, 2.45) is 5.41 Å². The first-order valence-electron chi connectivity index (χ1n) is 10.8. The maximum absolute atomic E-state index is 13.8. The van der Waals surface area contributed by atoms with Gasteiger partial charge in [-0.25, -0.2) is 0 Å². The molecule has 1 aliphatic carbocycles. The van der Waals surface area contributed by atoms with E-state index in [1.807, 2.05) is 27.1 Å². The van der Waals surface area contributed by atoms with Crippen LogP contribution in [0, 0.1) is 12.3 Å². The molecule has 1 amide bonds. The number of rotatable bonds is 9. The molecule has 5 nitrogen and oxygen atoms in total. The van der Waals surface area contributed by atoms with Crippen LogP contribution in [0.4, 0.5) is 13.2 Å². The molecule has 2 heterocycles. The minimum atomic E-state index is -4.34. The maximum Gasteiger partial charge on any atom is 0.395 e. The molecule has 4 rings (SSSR count). The van der Waals surface area contributed by atoms with E-state index in [4.69, 9.17) is 0 Å². The fourth-order valence-electron chi connectivity index (χ4n) is 4.64. The van der Waals surface area contributed by atoms with E-state index in [1.165, 1.54) is 23.0 Å². The van der Waals surface area contributed by atoms with Crippen molar-refractivity contribution < 1.29 is 23.1 Å². The molecule has 180 valence electrons. The van der Waals surface area contributed by atoms with Gasteiger partial charge in [0.2, 0.25) is 5.91 Å². The number of phenols is 1. The number of aromatic hydroxyl groups is 1. The van der Waals surface area contributed by atoms with Crippen LogP contribution in [-0.2, 0) is 11.2 Å². The number of likely N-dealkylation sites (N-methyl/N-ethyl adjacent to an activating group) is 1. The second-order valence-corrected chi connectivity index (χ2v) is 11.7. The Morgan fingerprint density at radius 3 is 2.64 bits per heavy atom. The zero-order valence-electron chi connectivity index (χ0n) is 18.8. The van der Waals surface area contributed by atoms with Crippen molar-refractivity contribution in [2.45, 2.75) is 54.8 Å². The summed E-state index contributed by atoms with van der Waals surface area (Å²) in [5.74, 6) is -1.03. The molecule has 1 aliphatic heterocycles. The number of amides is 1. The lowest BCUT2D eigenvalue weighted by atomic mass is 9.84. The third kappa shape index (κ3) is 4.74. The summed E-state index contributed by atoms with van der Waals surface area (Å²) in [6, 6.07) is 5.31. The van der Waals surface area contributed by atoms with Gasteiger partial charge in [-0.2, -0.15) is 13.2 Å². The number of phenolic OH excluding ortho intramolecular Hbond substituents is 1. The van der Waals surface area contributed by atoms with Crippen molar-refractivity contribution in [3.05, 3.63) is 45.9 Å². The topological polar surface area (TPSA) is 65.5 Å². The molecule has 1 aromatic carbocycles. The van der Waals surface area contributed by atoms with Crippen LogP contribution in [0.2, 0.25) is 0 Å². The van der Waals surface area contributed by atoms with Gasteiger partial charge in [0.05, 0.1) is 15.8 Å². The maximum atomic E-state index is 13.8. The molecular weight excluding hydrogens is 471 g/mol. The zero-order valence-corrected chi connectivity index (χ0v) is 20.4. The van der Waals surface area contributed by atoms with E-state index < -0.39 is 17.5 Å². The summed E-state index contributed by atoms with van der Waals surface area (Å²) in [7, 11) is 3.90. The van der Waals surface area contributed by atoms with Gasteiger partial charge in [-0.15, -0.1) is 23.1 Å². The van der Waals surface area contributed by atoms with E-state index >= 15 is 0 Å². The molecule has 2 N–H and O–H groups in total. The molecule has 3 atom stereocenters. The van der Waals surface area contributed by atoms with Gasteiger partial charge in [-0.05, 0) is 63.5 Å². The molecule has 33 heavy (non-hydrogen) atoms. The molecule has 1 unspecified atom stereocenters. The van der Waals surface area contributed by atoms with Crippen molar-refractivity contribution in [1.82, 2.24) is 15.2 Å². The largest absolute Gasteiger partial charge is 0.508 e. The number of thiazole rings is 1. The number of aromatic nitrogens is 1. The normalized spacial score (nSPS) is 24.5. The van der Waals surface area contributed by atoms with E-state index in [0.717, 1.165) is 17.5 Å². The fraction of sp³-hybridized carbons (Fsp3) is 0.565. The predicted molar refractivity (Wildman–Crippen MR) is 125 cm³/mol. The van der Waals surface area contributed by atoms with E-state index in [1.54, 1.807) is 23.9 Å². The number of benzene rings is 1. The summed E-state index contributed by atoms with van der Waals surface area (Å²) in [5, 5.41) is 12.8. The summed E-state index contributed by atoms with van der Waals surface area (Å²) < 4.78 is 41.5. The first-order chi connectivity index (χ1) is 15.5. The van der Waals surface area contributed by atoms with Crippen molar-refractivity contribution in [3.63, 3.8) is 0 Å². The highest BCUT2D eigenvalue weighted by Crippen LogP contribution is 2.66. The molecule has 1 aromatic heterocycles. The minimum absolute atomic E-state index is 0.0535. The Morgan fingerprint density at radius 1 is 1.36 bits per heavy atom. The number of halogens is 3. The Bertz CT molecular complexity index is 1010. The van der Waals surface area contributed by atoms with Crippen LogP contribution in [0.25, 0.3) is 0 Å². The van der Waals surface area contributed by atoms with Crippen molar-refractivity contribution in [2.75, 3.05) is 20.6 Å². The standard InChI is InChI=1S/C23H28F3N3O2S2/c1-14-8-16(30)5-4-15(14)9-19-22(33-19,29(2)3)12-28-20(31)10-17(18-11-27-13-32-18)21(6-7-21)23(24,25)26/h4-5,8,11,13,17,19,30H,6-7,9-10,12H2,1-3H3,(H,28,31)/t17-,19?,22-/m1/s1. The number of aryl methyl sites for hydroxylation is 1. The van der Waals surface area contributed by atoms with Gasteiger partial charge in [0, 0.05) is 35.2 Å². The monoisotopic (exact) mass is 499 g/mol. The van der Waals surface area contributed by atoms with Gasteiger partial charge in [-0.1, -0.05) is 6.07 Å². The number of thioether (sulfide) groups is 1. The minimum Gasteiger partial charge on any atom is -0.508 e. The van der Waals surface area contributed by atoms with Gasteiger partial charge < -0.3 is 10.4 Å². The van der Waals surface area contributed by atoms with Gasteiger partial charge in [0.1, 0.15) is 5.75 Å².